The minimum Gasteiger partial charge on any atom is -0.406 e. The van der Waals surface area contributed by atoms with Crippen LogP contribution in [-0.4, -0.2) is 54.4 Å². The summed E-state index contributed by atoms with van der Waals surface area (Å²) in [7, 11) is -3.85. The number of aliphatic imine (C=N–C) groups is 1. The topological polar surface area (TPSA) is 101 Å². The summed E-state index contributed by atoms with van der Waals surface area (Å²) >= 11 is 3.15. The van der Waals surface area contributed by atoms with Gasteiger partial charge in [0.25, 0.3) is 15.9 Å². The van der Waals surface area contributed by atoms with Crippen molar-refractivity contribution >= 4 is 37.7 Å². The molecule has 2 aliphatic heterocycles. The number of hydrogen-bond acceptors (Lipinski definition) is 6. The molecule has 3 heterocycles. The molecule has 4 rings (SSSR count). The highest BCUT2D eigenvalue weighted by Gasteiger charge is 2.48. The first-order chi connectivity index (χ1) is 15.0. The summed E-state index contributed by atoms with van der Waals surface area (Å²) in [6.07, 6.45) is -4.61. The molecule has 32 heavy (non-hydrogen) atoms. The molecule has 0 bridgehead atoms. The number of sulfonamides is 1. The van der Waals surface area contributed by atoms with Crippen LogP contribution >= 0.6 is 15.9 Å². The van der Waals surface area contributed by atoms with Crippen LogP contribution in [0.2, 0.25) is 0 Å². The number of nitrogens with one attached hydrogen (secondary N) is 1. The Morgan fingerprint density at radius 3 is 2.47 bits per heavy atom. The summed E-state index contributed by atoms with van der Waals surface area (Å²) in [4.78, 5) is 21.1. The van der Waals surface area contributed by atoms with E-state index in [1.807, 2.05) is 0 Å². The molecule has 170 valence electrons. The van der Waals surface area contributed by atoms with Gasteiger partial charge in [0, 0.05) is 18.7 Å². The molecule has 1 aromatic heterocycles. The lowest BCUT2D eigenvalue weighted by molar-refractivity contribution is -0.274. The van der Waals surface area contributed by atoms with Crippen molar-refractivity contribution in [1.82, 2.24) is 14.6 Å². The van der Waals surface area contributed by atoms with Crippen molar-refractivity contribution in [2.45, 2.75) is 29.8 Å². The molecule has 0 aliphatic carbocycles. The van der Waals surface area contributed by atoms with E-state index in [9.17, 15) is 26.4 Å². The van der Waals surface area contributed by atoms with Crippen molar-refractivity contribution in [1.29, 1.82) is 0 Å². The van der Waals surface area contributed by atoms with E-state index in [4.69, 9.17) is 0 Å². The van der Waals surface area contributed by atoms with Gasteiger partial charge in [-0.05, 0) is 53.0 Å². The van der Waals surface area contributed by atoms with Gasteiger partial charge in [-0.15, -0.1) is 13.2 Å². The number of amides is 1. The Bertz CT molecular complexity index is 1200. The van der Waals surface area contributed by atoms with Crippen molar-refractivity contribution in [3.05, 3.63) is 52.6 Å². The van der Waals surface area contributed by atoms with Crippen molar-refractivity contribution in [3.8, 4) is 5.75 Å². The molecule has 0 saturated carbocycles. The minimum absolute atomic E-state index is 0.0396. The monoisotopic (exact) mass is 532 g/mol. The molecular weight excluding hydrogens is 517 g/mol. The van der Waals surface area contributed by atoms with E-state index in [2.05, 4.69) is 36.0 Å². The zero-order valence-electron chi connectivity index (χ0n) is 16.3. The molecule has 8 nitrogen and oxygen atoms in total. The van der Waals surface area contributed by atoms with E-state index in [0.717, 1.165) is 12.1 Å². The van der Waals surface area contributed by atoms with Gasteiger partial charge in [-0.2, -0.15) is 4.31 Å². The van der Waals surface area contributed by atoms with Gasteiger partial charge in [0.15, 0.2) is 5.03 Å². The predicted molar refractivity (Wildman–Crippen MR) is 110 cm³/mol. The summed E-state index contributed by atoms with van der Waals surface area (Å²) in [5.74, 6) is -0.741. The zero-order chi connectivity index (χ0) is 23.1. The van der Waals surface area contributed by atoms with Crippen LogP contribution < -0.4 is 10.1 Å². The summed E-state index contributed by atoms with van der Waals surface area (Å²) in [5.41, 5.74) is -0.933. The second-order valence-corrected chi connectivity index (χ2v) is 9.92. The lowest BCUT2D eigenvalue weighted by Gasteiger charge is -2.34. The van der Waals surface area contributed by atoms with Crippen LogP contribution in [0.25, 0.3) is 0 Å². The molecule has 2 aromatic rings. The third-order valence-corrected chi connectivity index (χ3v) is 7.41. The van der Waals surface area contributed by atoms with Gasteiger partial charge in [0.1, 0.15) is 21.7 Å². The number of carbonyl (C=O) groups is 1. The third-order valence-electron chi connectivity index (χ3n) is 5.16. The van der Waals surface area contributed by atoms with Crippen molar-refractivity contribution in [2.75, 3.05) is 13.1 Å². The molecule has 0 unspecified atom stereocenters. The van der Waals surface area contributed by atoms with Gasteiger partial charge in [-0.3, -0.25) is 9.79 Å². The fourth-order valence-corrected chi connectivity index (χ4v) is 5.45. The molecule has 0 atom stereocenters. The molecule has 1 spiro atoms. The number of piperidine rings is 1. The molecule has 1 fully saturated rings. The van der Waals surface area contributed by atoms with E-state index >= 15 is 0 Å². The van der Waals surface area contributed by atoms with Crippen LogP contribution in [0, 0.1) is 0 Å². The lowest BCUT2D eigenvalue weighted by atomic mass is 9.89. The van der Waals surface area contributed by atoms with Crippen LogP contribution in [0.3, 0.4) is 0 Å². The van der Waals surface area contributed by atoms with Gasteiger partial charge in [0.2, 0.25) is 0 Å². The Labute approximate surface area is 189 Å². The number of benzene rings is 1. The number of pyridine rings is 1. The molecule has 1 amide bonds. The number of alkyl halides is 3. The minimum atomic E-state index is -4.85. The molecule has 13 heteroatoms. The summed E-state index contributed by atoms with van der Waals surface area (Å²) < 4.78 is 68.7. The van der Waals surface area contributed by atoms with Gasteiger partial charge in [-0.25, -0.2) is 13.4 Å². The Morgan fingerprint density at radius 2 is 1.81 bits per heavy atom. The van der Waals surface area contributed by atoms with Crippen LogP contribution in [0.1, 0.15) is 18.4 Å². The second kappa shape index (κ2) is 8.12. The molecule has 1 saturated heterocycles. The van der Waals surface area contributed by atoms with Gasteiger partial charge in [0.05, 0.1) is 0 Å². The predicted octanol–water partition coefficient (Wildman–Crippen LogP) is 2.84. The lowest BCUT2D eigenvalue weighted by Crippen LogP contribution is -2.50. The normalized spacial score (nSPS) is 19.0. The number of ether oxygens (including phenoxy) is 1. The van der Waals surface area contributed by atoms with Crippen LogP contribution in [0.4, 0.5) is 13.2 Å². The maximum Gasteiger partial charge on any atom is 0.573 e. The summed E-state index contributed by atoms with van der Waals surface area (Å²) in [6, 6.07) is 9.69. The van der Waals surface area contributed by atoms with Gasteiger partial charge < -0.3 is 10.1 Å². The first-order valence-corrected chi connectivity index (χ1v) is 11.6. The average Bonchev–Trinajstić information content (AvgIpc) is 3.03. The number of carbonyl (C=O) groups excluding carboxylic acids is 1. The van der Waals surface area contributed by atoms with E-state index < -0.39 is 33.6 Å². The second-order valence-electron chi connectivity index (χ2n) is 7.22. The van der Waals surface area contributed by atoms with Crippen LogP contribution in [0.5, 0.6) is 5.75 Å². The summed E-state index contributed by atoms with van der Waals surface area (Å²) in [6.45, 7) is 0.0793. The number of nitrogens with zero attached hydrogens (tertiary/aromatic N) is 3. The number of rotatable bonds is 4. The average molecular weight is 533 g/mol. The number of hydrogen-bond donors (Lipinski definition) is 1. The highest BCUT2D eigenvalue weighted by atomic mass is 79.9. The number of aromatic nitrogens is 1. The largest absolute Gasteiger partial charge is 0.573 e. The Kier molecular flexibility index (Phi) is 5.75. The zero-order valence-corrected chi connectivity index (χ0v) is 18.7. The fraction of sp³-hybridized carbons (Fsp3) is 0.316. The highest BCUT2D eigenvalue weighted by molar-refractivity contribution is 9.10. The third kappa shape index (κ3) is 4.50. The Hall–Kier alpha value is -2.51. The number of amidine groups is 1. The molecule has 0 radical (unpaired) electrons. The first kappa shape index (κ1) is 22.7. The Balaban J connectivity index is 1.53. The molecule has 2 aliphatic rings. The van der Waals surface area contributed by atoms with Crippen LogP contribution in [0.15, 0.2) is 57.1 Å². The van der Waals surface area contributed by atoms with Gasteiger partial charge in [-0.1, -0.05) is 18.2 Å². The maximum absolute atomic E-state index is 12.9. The molecule has 1 N–H and O–H groups in total. The van der Waals surface area contributed by atoms with Crippen molar-refractivity contribution in [2.24, 2.45) is 4.99 Å². The van der Waals surface area contributed by atoms with E-state index in [-0.39, 0.29) is 42.4 Å². The maximum atomic E-state index is 12.9. The Morgan fingerprint density at radius 1 is 1.12 bits per heavy atom. The quantitative estimate of drug-likeness (QED) is 0.610. The van der Waals surface area contributed by atoms with Crippen LogP contribution in [-0.2, 0) is 14.8 Å². The smallest absolute Gasteiger partial charge is 0.406 e. The molecular formula is C19H16BrF3N4O4S. The number of halogens is 4. The van der Waals surface area contributed by atoms with Crippen molar-refractivity contribution < 1.29 is 31.1 Å². The molecule has 1 aromatic carbocycles. The fourth-order valence-electron chi connectivity index (χ4n) is 3.59. The van der Waals surface area contributed by atoms with Gasteiger partial charge >= 0.3 is 6.36 Å². The van der Waals surface area contributed by atoms with E-state index in [0.29, 0.717) is 4.60 Å². The standard InChI is InChI=1S/C19H16BrF3N4O4S/c20-14-5-2-6-15(24-14)32(29,30)27-9-7-18(8-10-27)17(28)25-16(26-18)12-3-1-4-13(11-12)31-19(21,22)23/h1-6,11H,7-10H2,(H,25,26,28). The first-order valence-electron chi connectivity index (χ1n) is 9.39. The van der Waals surface area contributed by atoms with E-state index in [1.54, 1.807) is 12.1 Å². The summed E-state index contributed by atoms with van der Waals surface area (Å²) in [5, 5.41) is 2.49. The van der Waals surface area contributed by atoms with E-state index in [1.165, 1.54) is 22.5 Å². The van der Waals surface area contributed by atoms with Crippen molar-refractivity contribution in [3.63, 3.8) is 0 Å². The highest BCUT2D eigenvalue weighted by Crippen LogP contribution is 2.33. The SMILES string of the molecule is O=C1NC(c2cccc(OC(F)(F)F)c2)=NC12CCN(S(=O)(=O)c1cccc(Br)n1)CC2.